The molecule has 0 saturated carbocycles. The number of aromatic hydroxyl groups is 1. The van der Waals surface area contributed by atoms with E-state index >= 15 is 0 Å². The minimum Gasteiger partial charge on any atom is -0.508 e. The van der Waals surface area contributed by atoms with Crippen LogP contribution in [-0.2, 0) is 9.84 Å². The quantitative estimate of drug-likeness (QED) is 0.759. The molecule has 7 heteroatoms. The first-order valence-corrected chi connectivity index (χ1v) is 8.31. The molecule has 108 valence electrons. The second-order valence-electron chi connectivity index (χ2n) is 4.67. The summed E-state index contributed by atoms with van der Waals surface area (Å²) in [7, 11) is -3.38. The number of nitrogens with one attached hydrogen (secondary N) is 1. The predicted octanol–water partition coefficient (Wildman–Crippen LogP) is 2.99. The number of hydrogen-bond donors (Lipinski definition) is 2. The maximum atomic E-state index is 11.8. The second kappa shape index (κ2) is 4.75. The lowest BCUT2D eigenvalue weighted by Crippen LogP contribution is -1.97. The van der Waals surface area contributed by atoms with Crippen LogP contribution in [0.5, 0.6) is 5.75 Å². The number of rotatable bonds is 2. The van der Waals surface area contributed by atoms with Gasteiger partial charge in [0.15, 0.2) is 9.84 Å². The molecule has 0 radical (unpaired) electrons. The molecular formula is C14H11ClN2O3S. The third-order valence-corrected chi connectivity index (χ3v) is 4.54. The van der Waals surface area contributed by atoms with Crippen LogP contribution in [0.3, 0.4) is 0 Å². The molecule has 0 unspecified atom stereocenters. The normalized spacial score (nSPS) is 11.9. The van der Waals surface area contributed by atoms with Gasteiger partial charge < -0.3 is 10.1 Å². The van der Waals surface area contributed by atoms with E-state index in [0.29, 0.717) is 27.4 Å². The number of H-pyrrole nitrogens is 1. The highest BCUT2D eigenvalue weighted by Gasteiger charge is 2.17. The molecule has 1 aromatic heterocycles. The Hall–Kier alpha value is -2.05. The summed E-state index contributed by atoms with van der Waals surface area (Å²) in [6, 6.07) is 9.38. The van der Waals surface area contributed by atoms with E-state index < -0.39 is 9.84 Å². The first-order chi connectivity index (χ1) is 9.86. The third-order valence-electron chi connectivity index (χ3n) is 3.08. The van der Waals surface area contributed by atoms with Gasteiger partial charge in [0.2, 0.25) is 0 Å². The summed E-state index contributed by atoms with van der Waals surface area (Å²) in [6.07, 6.45) is 1.14. The number of sulfone groups is 1. The van der Waals surface area contributed by atoms with Crippen molar-refractivity contribution in [3.63, 3.8) is 0 Å². The van der Waals surface area contributed by atoms with Gasteiger partial charge in [-0.2, -0.15) is 0 Å². The lowest BCUT2D eigenvalue weighted by molar-refractivity contribution is 0.475. The molecule has 0 amide bonds. The summed E-state index contributed by atoms with van der Waals surface area (Å²) < 4.78 is 23.6. The number of para-hydroxylation sites is 1. The van der Waals surface area contributed by atoms with Crippen LogP contribution >= 0.6 is 11.6 Å². The smallest absolute Gasteiger partial charge is 0.177 e. The van der Waals surface area contributed by atoms with Gasteiger partial charge in [-0.05, 0) is 30.3 Å². The molecule has 3 aromatic rings. The van der Waals surface area contributed by atoms with E-state index in [1.807, 2.05) is 0 Å². The Bertz CT molecular complexity index is 948. The van der Waals surface area contributed by atoms with Crippen LogP contribution in [0.4, 0.5) is 0 Å². The minimum atomic E-state index is -3.38. The van der Waals surface area contributed by atoms with E-state index in [1.54, 1.807) is 18.2 Å². The fraction of sp³-hybridized carbons (Fsp3) is 0.0714. The van der Waals surface area contributed by atoms with Gasteiger partial charge in [0.05, 0.1) is 15.4 Å². The van der Waals surface area contributed by atoms with Gasteiger partial charge >= 0.3 is 0 Å². The Balaban J connectivity index is 2.30. The fourth-order valence-corrected chi connectivity index (χ4v) is 3.17. The lowest BCUT2D eigenvalue weighted by Gasteiger charge is -2.01. The number of phenols is 1. The molecule has 0 atom stereocenters. The van der Waals surface area contributed by atoms with Gasteiger partial charge in [0, 0.05) is 11.8 Å². The van der Waals surface area contributed by atoms with Gasteiger partial charge in [-0.1, -0.05) is 17.7 Å². The summed E-state index contributed by atoms with van der Waals surface area (Å²) >= 11 is 6.10. The molecule has 0 aliphatic rings. The van der Waals surface area contributed by atoms with Crippen LogP contribution in [-0.4, -0.2) is 29.7 Å². The number of halogens is 1. The van der Waals surface area contributed by atoms with E-state index in [-0.39, 0.29) is 10.6 Å². The Labute approximate surface area is 126 Å². The van der Waals surface area contributed by atoms with Crippen molar-refractivity contribution in [3.8, 4) is 17.1 Å². The van der Waals surface area contributed by atoms with Gasteiger partial charge in [-0.15, -0.1) is 0 Å². The monoisotopic (exact) mass is 322 g/mol. The molecule has 3 rings (SSSR count). The van der Waals surface area contributed by atoms with Crippen LogP contribution in [0.15, 0.2) is 41.3 Å². The molecule has 2 aromatic carbocycles. The number of nitrogens with zero attached hydrogens (tertiary/aromatic N) is 1. The minimum absolute atomic E-state index is 0.0539. The lowest BCUT2D eigenvalue weighted by atomic mass is 10.2. The Kier molecular flexibility index (Phi) is 3.15. The zero-order valence-electron chi connectivity index (χ0n) is 11.0. The summed E-state index contributed by atoms with van der Waals surface area (Å²) in [5, 5.41) is 9.97. The first kappa shape index (κ1) is 13.9. The third kappa shape index (κ3) is 2.48. The van der Waals surface area contributed by atoms with E-state index in [2.05, 4.69) is 9.97 Å². The number of benzene rings is 2. The molecule has 0 fully saturated rings. The Morgan fingerprint density at radius 3 is 2.71 bits per heavy atom. The van der Waals surface area contributed by atoms with Crippen LogP contribution in [0.2, 0.25) is 5.02 Å². The van der Waals surface area contributed by atoms with Gasteiger partial charge in [0.25, 0.3) is 0 Å². The second-order valence-corrected chi connectivity index (χ2v) is 7.07. The van der Waals surface area contributed by atoms with Crippen molar-refractivity contribution in [2.45, 2.75) is 4.90 Å². The Morgan fingerprint density at radius 2 is 2.00 bits per heavy atom. The average Bonchev–Trinajstić information content (AvgIpc) is 2.83. The standard InChI is InChI=1S/C14H11ClN2O3S/c1-21(19,20)12-4-2-3-11-13(12)17-14(16-11)9-7-8(18)5-6-10(9)15/h2-7,18H,1H3,(H,16,17). The van der Waals surface area contributed by atoms with E-state index in [1.165, 1.54) is 18.2 Å². The van der Waals surface area contributed by atoms with Gasteiger partial charge in [-0.25, -0.2) is 13.4 Å². The van der Waals surface area contributed by atoms with Crippen molar-refractivity contribution in [1.82, 2.24) is 9.97 Å². The van der Waals surface area contributed by atoms with Crippen LogP contribution in [0.25, 0.3) is 22.4 Å². The van der Waals surface area contributed by atoms with E-state index in [0.717, 1.165) is 6.26 Å². The van der Waals surface area contributed by atoms with Gasteiger partial charge in [-0.3, -0.25) is 0 Å². The number of hydrogen-bond acceptors (Lipinski definition) is 4. The highest BCUT2D eigenvalue weighted by Crippen LogP contribution is 2.31. The first-order valence-electron chi connectivity index (χ1n) is 6.04. The molecular weight excluding hydrogens is 312 g/mol. The van der Waals surface area contributed by atoms with E-state index in [4.69, 9.17) is 11.6 Å². The zero-order chi connectivity index (χ0) is 15.2. The molecule has 21 heavy (non-hydrogen) atoms. The van der Waals surface area contributed by atoms with Crippen molar-refractivity contribution in [2.24, 2.45) is 0 Å². The maximum Gasteiger partial charge on any atom is 0.177 e. The van der Waals surface area contributed by atoms with Crippen molar-refractivity contribution in [2.75, 3.05) is 6.26 Å². The highest BCUT2D eigenvalue weighted by molar-refractivity contribution is 7.91. The predicted molar refractivity (Wildman–Crippen MR) is 81.3 cm³/mol. The number of aromatic nitrogens is 2. The molecule has 5 nitrogen and oxygen atoms in total. The van der Waals surface area contributed by atoms with Crippen molar-refractivity contribution < 1.29 is 13.5 Å². The number of aromatic amines is 1. The van der Waals surface area contributed by atoms with Crippen molar-refractivity contribution >= 4 is 32.5 Å². The SMILES string of the molecule is CS(=O)(=O)c1cccc2[nH]c(-c3cc(O)ccc3Cl)nc12. The fourth-order valence-electron chi connectivity index (χ4n) is 2.13. The number of fused-ring (bicyclic) bond motifs is 1. The molecule has 0 bridgehead atoms. The summed E-state index contributed by atoms with van der Waals surface area (Å²) in [5.74, 6) is 0.459. The van der Waals surface area contributed by atoms with Crippen LogP contribution in [0, 0.1) is 0 Å². The average molecular weight is 323 g/mol. The molecule has 0 aliphatic heterocycles. The molecule has 0 saturated heterocycles. The summed E-state index contributed by atoms with van der Waals surface area (Å²) in [4.78, 5) is 7.49. The van der Waals surface area contributed by atoms with Crippen molar-refractivity contribution in [3.05, 3.63) is 41.4 Å². The summed E-state index contributed by atoms with van der Waals surface area (Å²) in [6.45, 7) is 0. The largest absolute Gasteiger partial charge is 0.508 e. The van der Waals surface area contributed by atoms with Crippen LogP contribution in [0.1, 0.15) is 0 Å². The molecule has 0 aliphatic carbocycles. The maximum absolute atomic E-state index is 11.8. The summed E-state index contributed by atoms with van der Waals surface area (Å²) in [5.41, 5.74) is 1.45. The molecule has 0 spiro atoms. The van der Waals surface area contributed by atoms with Crippen molar-refractivity contribution in [1.29, 1.82) is 0 Å². The molecule has 1 heterocycles. The van der Waals surface area contributed by atoms with Crippen LogP contribution < -0.4 is 0 Å². The number of phenolic OH excluding ortho intramolecular Hbond substituents is 1. The highest BCUT2D eigenvalue weighted by atomic mass is 35.5. The zero-order valence-corrected chi connectivity index (χ0v) is 12.5. The molecule has 2 N–H and O–H groups in total. The van der Waals surface area contributed by atoms with E-state index in [9.17, 15) is 13.5 Å². The number of imidazole rings is 1. The topological polar surface area (TPSA) is 83.0 Å². The Morgan fingerprint density at radius 1 is 1.24 bits per heavy atom. The van der Waals surface area contributed by atoms with Gasteiger partial charge in [0.1, 0.15) is 17.1 Å².